The van der Waals surface area contributed by atoms with Crippen LogP contribution in [0.3, 0.4) is 0 Å². The van der Waals surface area contributed by atoms with Crippen LogP contribution in [0, 0.1) is 11.8 Å². The van der Waals surface area contributed by atoms with Crippen LogP contribution in [0.5, 0.6) is 5.75 Å². The normalized spacial score (nSPS) is 18.1. The molecular weight excluding hydrogens is 328 g/mol. The minimum absolute atomic E-state index is 0.0673. The monoisotopic (exact) mass is 350 g/mol. The van der Waals surface area contributed by atoms with Gasteiger partial charge in [0.1, 0.15) is 5.75 Å². The van der Waals surface area contributed by atoms with E-state index in [1.165, 1.54) is 7.11 Å². The molecule has 0 saturated carbocycles. The Bertz CT molecular complexity index is 858. The fourth-order valence-electron chi connectivity index (χ4n) is 3.15. The third-order valence-electron chi connectivity index (χ3n) is 4.66. The summed E-state index contributed by atoms with van der Waals surface area (Å²) in [5.74, 6) is 6.88. The third kappa shape index (κ3) is 3.74. The summed E-state index contributed by atoms with van der Waals surface area (Å²) in [6.45, 7) is 3.54. The lowest BCUT2D eigenvalue weighted by Gasteiger charge is -2.35. The van der Waals surface area contributed by atoms with Crippen LogP contribution in [0.1, 0.15) is 40.4 Å². The van der Waals surface area contributed by atoms with E-state index in [4.69, 9.17) is 14.2 Å². The van der Waals surface area contributed by atoms with Gasteiger partial charge in [-0.15, -0.1) is 0 Å². The second-order valence-corrected chi connectivity index (χ2v) is 6.62. The Kier molecular flexibility index (Phi) is 5.29. The fourth-order valence-corrected chi connectivity index (χ4v) is 3.15. The van der Waals surface area contributed by atoms with E-state index < -0.39 is 0 Å². The lowest BCUT2D eigenvalue weighted by atomic mass is 9.78. The Balaban J connectivity index is 1.86. The molecule has 1 unspecified atom stereocenters. The van der Waals surface area contributed by atoms with Crippen LogP contribution in [-0.4, -0.2) is 33.4 Å². The smallest absolute Gasteiger partial charge is 0.337 e. The quantitative estimate of drug-likeness (QED) is 0.627. The van der Waals surface area contributed by atoms with Crippen LogP contribution in [0.2, 0.25) is 0 Å². The first-order valence-electron chi connectivity index (χ1n) is 8.52. The second-order valence-electron chi connectivity index (χ2n) is 6.62. The molecule has 134 valence electrons. The average molecular weight is 350 g/mol. The van der Waals surface area contributed by atoms with Crippen molar-refractivity contribution in [3.8, 4) is 17.6 Å². The van der Waals surface area contributed by atoms with Crippen LogP contribution in [-0.2, 0) is 14.9 Å². The first-order valence-corrected chi connectivity index (χ1v) is 8.52. The van der Waals surface area contributed by atoms with Gasteiger partial charge in [-0.05, 0) is 48.9 Å². The largest absolute Gasteiger partial charge is 0.493 e. The zero-order valence-electron chi connectivity index (χ0n) is 15.3. The van der Waals surface area contributed by atoms with Crippen LogP contribution >= 0.6 is 0 Å². The van der Waals surface area contributed by atoms with Crippen LogP contribution in [0.25, 0.3) is 0 Å². The summed E-state index contributed by atoms with van der Waals surface area (Å²) >= 11 is 0. The lowest BCUT2D eigenvalue weighted by molar-refractivity contribution is 0.0600. The summed E-state index contributed by atoms with van der Waals surface area (Å²) in [5, 5.41) is 0. The Labute approximate surface area is 154 Å². The molecule has 0 fully saturated rings. The SMILES string of the molecule is COCC1(C)CCOc2ccc(C#Cc3ccc(C(=O)OC)cc3)cc21. The highest BCUT2D eigenvalue weighted by Crippen LogP contribution is 2.39. The Hall–Kier alpha value is -2.77. The number of hydrogen-bond acceptors (Lipinski definition) is 4. The standard InChI is InChI=1S/C22H22O4/c1-22(15-24-2)12-13-26-20-11-8-17(14-19(20)22)5-4-16-6-9-18(10-7-16)21(23)25-3/h6-11,14H,12-13,15H2,1-3H3. The van der Waals surface area contributed by atoms with Crippen molar-refractivity contribution >= 4 is 5.97 Å². The number of carbonyl (C=O) groups is 1. The van der Waals surface area contributed by atoms with Crippen molar-refractivity contribution in [2.24, 2.45) is 0 Å². The van der Waals surface area contributed by atoms with E-state index in [0.717, 1.165) is 28.9 Å². The fraction of sp³-hybridized carbons (Fsp3) is 0.318. The van der Waals surface area contributed by atoms with Gasteiger partial charge in [0.2, 0.25) is 0 Å². The summed E-state index contributed by atoms with van der Waals surface area (Å²) in [4.78, 5) is 11.5. The number of rotatable bonds is 3. The summed E-state index contributed by atoms with van der Waals surface area (Å²) in [6, 6.07) is 13.1. The van der Waals surface area contributed by atoms with E-state index in [1.807, 2.05) is 24.3 Å². The molecule has 2 aromatic rings. The molecule has 0 bridgehead atoms. The van der Waals surface area contributed by atoms with Crippen molar-refractivity contribution in [3.05, 3.63) is 64.7 Å². The van der Waals surface area contributed by atoms with Crippen molar-refractivity contribution in [3.63, 3.8) is 0 Å². The predicted molar refractivity (Wildman–Crippen MR) is 99.5 cm³/mol. The molecule has 0 aromatic heterocycles. The third-order valence-corrected chi connectivity index (χ3v) is 4.66. The van der Waals surface area contributed by atoms with Gasteiger partial charge in [-0.25, -0.2) is 4.79 Å². The van der Waals surface area contributed by atoms with Gasteiger partial charge in [0, 0.05) is 29.2 Å². The van der Waals surface area contributed by atoms with E-state index in [-0.39, 0.29) is 11.4 Å². The van der Waals surface area contributed by atoms with Crippen LogP contribution in [0.4, 0.5) is 0 Å². The van der Waals surface area contributed by atoms with E-state index in [0.29, 0.717) is 18.8 Å². The number of fused-ring (bicyclic) bond motifs is 1. The molecule has 1 heterocycles. The van der Waals surface area contributed by atoms with Crippen LogP contribution < -0.4 is 4.74 Å². The maximum Gasteiger partial charge on any atom is 0.337 e. The van der Waals surface area contributed by atoms with Gasteiger partial charge in [-0.1, -0.05) is 18.8 Å². The second kappa shape index (κ2) is 7.63. The molecule has 3 rings (SSSR count). The number of methoxy groups -OCH3 is 2. The number of ether oxygens (including phenoxy) is 3. The summed E-state index contributed by atoms with van der Waals surface area (Å²) in [6.07, 6.45) is 0.916. The molecule has 4 nitrogen and oxygen atoms in total. The van der Waals surface area contributed by atoms with Crippen molar-refractivity contribution in [2.75, 3.05) is 27.4 Å². The Morgan fingerprint density at radius 3 is 2.50 bits per heavy atom. The number of hydrogen-bond donors (Lipinski definition) is 0. The minimum atomic E-state index is -0.350. The van der Waals surface area contributed by atoms with E-state index in [9.17, 15) is 4.79 Å². The van der Waals surface area contributed by atoms with Crippen molar-refractivity contribution < 1.29 is 19.0 Å². The molecule has 0 saturated heterocycles. The maximum atomic E-state index is 11.5. The van der Waals surface area contributed by atoms with Crippen molar-refractivity contribution in [1.29, 1.82) is 0 Å². The molecule has 2 aromatic carbocycles. The highest BCUT2D eigenvalue weighted by molar-refractivity contribution is 5.89. The molecular formula is C22H22O4. The molecule has 0 amide bonds. The van der Waals surface area contributed by atoms with Gasteiger partial charge >= 0.3 is 5.97 Å². The molecule has 1 aliphatic heterocycles. The van der Waals surface area contributed by atoms with E-state index in [1.54, 1.807) is 19.2 Å². The molecule has 0 N–H and O–H groups in total. The van der Waals surface area contributed by atoms with E-state index in [2.05, 4.69) is 24.8 Å². The van der Waals surface area contributed by atoms with Gasteiger partial charge < -0.3 is 14.2 Å². The highest BCUT2D eigenvalue weighted by atomic mass is 16.5. The molecule has 1 aliphatic rings. The summed E-state index contributed by atoms with van der Waals surface area (Å²) in [7, 11) is 3.09. The average Bonchev–Trinajstić information content (AvgIpc) is 2.67. The first-order chi connectivity index (χ1) is 12.6. The minimum Gasteiger partial charge on any atom is -0.493 e. The predicted octanol–water partition coefficient (Wildman–Crippen LogP) is 3.56. The zero-order valence-corrected chi connectivity index (χ0v) is 15.3. The van der Waals surface area contributed by atoms with Gasteiger partial charge in [0.15, 0.2) is 0 Å². The summed E-state index contributed by atoms with van der Waals surface area (Å²) < 4.78 is 15.9. The number of benzene rings is 2. The lowest BCUT2D eigenvalue weighted by Crippen LogP contribution is -2.34. The van der Waals surface area contributed by atoms with Crippen LogP contribution in [0.15, 0.2) is 42.5 Å². The molecule has 26 heavy (non-hydrogen) atoms. The number of carbonyl (C=O) groups excluding carboxylic acids is 1. The molecule has 0 radical (unpaired) electrons. The Morgan fingerprint density at radius 1 is 1.12 bits per heavy atom. The zero-order chi connectivity index (χ0) is 18.6. The van der Waals surface area contributed by atoms with Crippen molar-refractivity contribution in [1.82, 2.24) is 0 Å². The van der Waals surface area contributed by atoms with E-state index >= 15 is 0 Å². The molecule has 4 heteroatoms. The number of esters is 1. The molecule has 0 spiro atoms. The van der Waals surface area contributed by atoms with Crippen molar-refractivity contribution in [2.45, 2.75) is 18.8 Å². The summed E-state index contributed by atoms with van der Waals surface area (Å²) in [5.41, 5.74) is 3.35. The topological polar surface area (TPSA) is 44.8 Å². The van der Waals surface area contributed by atoms with Gasteiger partial charge in [0.05, 0.1) is 25.9 Å². The van der Waals surface area contributed by atoms with Gasteiger partial charge in [-0.3, -0.25) is 0 Å². The van der Waals surface area contributed by atoms with Gasteiger partial charge in [-0.2, -0.15) is 0 Å². The highest BCUT2D eigenvalue weighted by Gasteiger charge is 2.33. The molecule has 1 atom stereocenters. The van der Waals surface area contributed by atoms with Gasteiger partial charge in [0.25, 0.3) is 0 Å². The first kappa shape index (κ1) is 18.0. The maximum absolute atomic E-state index is 11.5. The Morgan fingerprint density at radius 2 is 1.81 bits per heavy atom. The molecule has 0 aliphatic carbocycles.